The maximum Gasteiger partial charge on any atom is 0.0491 e. The third kappa shape index (κ3) is 3.53. The summed E-state index contributed by atoms with van der Waals surface area (Å²) in [5.41, 5.74) is 0. The zero-order chi connectivity index (χ0) is 5.70. The van der Waals surface area contributed by atoms with Crippen LogP contribution < -0.4 is 0 Å². The van der Waals surface area contributed by atoms with Crippen molar-refractivity contribution in [3.8, 4) is 0 Å². The predicted molar refractivity (Wildman–Crippen MR) is 31.1 cm³/mol. The van der Waals surface area contributed by atoms with Crippen molar-refractivity contribution in [1.82, 2.24) is 0 Å². The molecule has 0 aromatic rings. The smallest absolute Gasteiger partial charge is 0.0491 e. The van der Waals surface area contributed by atoms with Gasteiger partial charge in [0.25, 0.3) is 0 Å². The average molecular weight is 100 g/mol. The Kier molecular flexibility index (Phi) is 3.71. The van der Waals surface area contributed by atoms with E-state index in [0.29, 0.717) is 5.92 Å². The van der Waals surface area contributed by atoms with Crippen LogP contribution in [0.4, 0.5) is 0 Å². The van der Waals surface area contributed by atoms with Gasteiger partial charge in [-0.1, -0.05) is 19.1 Å². The van der Waals surface area contributed by atoms with Crippen LogP contribution in [0.2, 0.25) is 0 Å². The maximum atomic E-state index is 8.41. The topological polar surface area (TPSA) is 20.2 Å². The molecule has 0 aliphatic carbocycles. The van der Waals surface area contributed by atoms with Gasteiger partial charge in [0, 0.05) is 6.61 Å². The monoisotopic (exact) mass is 100 g/mol. The van der Waals surface area contributed by atoms with E-state index in [1.54, 1.807) is 0 Å². The Balaban J connectivity index is 3.16. The van der Waals surface area contributed by atoms with Crippen molar-refractivity contribution in [2.75, 3.05) is 6.61 Å². The van der Waals surface area contributed by atoms with E-state index in [-0.39, 0.29) is 6.61 Å². The van der Waals surface area contributed by atoms with Gasteiger partial charge in [0.05, 0.1) is 0 Å². The first kappa shape index (κ1) is 6.70. The molecule has 0 rings (SSSR count). The van der Waals surface area contributed by atoms with E-state index in [1.807, 2.05) is 26.0 Å². The van der Waals surface area contributed by atoms with Crippen LogP contribution in [0.3, 0.4) is 0 Å². The lowest BCUT2D eigenvalue weighted by atomic mass is 10.2. The molecule has 0 aromatic carbocycles. The van der Waals surface area contributed by atoms with Crippen LogP contribution in [0.1, 0.15) is 13.8 Å². The van der Waals surface area contributed by atoms with Gasteiger partial charge in [0.2, 0.25) is 0 Å². The fourth-order valence-corrected chi connectivity index (χ4v) is 0.389. The molecular formula is C6H12O. The van der Waals surface area contributed by atoms with Gasteiger partial charge in [-0.3, -0.25) is 0 Å². The fraction of sp³-hybridized carbons (Fsp3) is 0.667. The highest BCUT2D eigenvalue weighted by molar-refractivity contribution is 4.81. The summed E-state index contributed by atoms with van der Waals surface area (Å²) in [5.74, 6) is 0.324. The summed E-state index contributed by atoms with van der Waals surface area (Å²) in [7, 11) is 0. The molecule has 0 saturated carbocycles. The summed E-state index contributed by atoms with van der Waals surface area (Å²) in [6.07, 6.45) is 3.92. The highest BCUT2D eigenvalue weighted by Gasteiger charge is 1.87. The van der Waals surface area contributed by atoms with Crippen LogP contribution in [-0.2, 0) is 0 Å². The summed E-state index contributed by atoms with van der Waals surface area (Å²) in [6, 6.07) is 0. The zero-order valence-corrected chi connectivity index (χ0v) is 4.89. The molecule has 0 fully saturated rings. The van der Waals surface area contributed by atoms with Crippen molar-refractivity contribution in [2.45, 2.75) is 13.8 Å². The van der Waals surface area contributed by atoms with Crippen LogP contribution in [0.5, 0.6) is 0 Å². The third-order valence-electron chi connectivity index (χ3n) is 0.809. The molecule has 1 N–H and O–H groups in total. The van der Waals surface area contributed by atoms with Gasteiger partial charge >= 0.3 is 0 Å². The van der Waals surface area contributed by atoms with Crippen molar-refractivity contribution >= 4 is 0 Å². The van der Waals surface area contributed by atoms with Gasteiger partial charge in [-0.25, -0.2) is 0 Å². The second-order valence-corrected chi connectivity index (χ2v) is 1.69. The first-order valence-corrected chi connectivity index (χ1v) is 2.55. The standard InChI is InChI=1S/C6H12O/c1-3-4-6(2)5-7/h3-4,6-7H,5H2,1-2H3/b4-3-. The summed E-state index contributed by atoms with van der Waals surface area (Å²) in [4.78, 5) is 0. The van der Waals surface area contributed by atoms with Gasteiger partial charge in [-0.05, 0) is 12.8 Å². The number of aliphatic hydroxyl groups excluding tert-OH is 1. The molecule has 0 spiro atoms. The van der Waals surface area contributed by atoms with E-state index in [4.69, 9.17) is 5.11 Å². The van der Waals surface area contributed by atoms with E-state index in [1.165, 1.54) is 0 Å². The lowest BCUT2D eigenvalue weighted by molar-refractivity contribution is 0.262. The van der Waals surface area contributed by atoms with Gasteiger partial charge in [0.1, 0.15) is 0 Å². The lowest BCUT2D eigenvalue weighted by Gasteiger charge is -1.95. The molecule has 0 bridgehead atoms. The minimum absolute atomic E-state index is 0.254. The van der Waals surface area contributed by atoms with Crippen LogP contribution >= 0.6 is 0 Å². The highest BCUT2D eigenvalue weighted by Crippen LogP contribution is 1.92. The molecule has 0 aromatic heterocycles. The minimum atomic E-state index is 0.254. The molecule has 42 valence electrons. The Morgan fingerprint density at radius 1 is 1.71 bits per heavy atom. The van der Waals surface area contributed by atoms with Crippen molar-refractivity contribution < 1.29 is 5.11 Å². The Hall–Kier alpha value is -0.300. The molecule has 0 aliphatic heterocycles. The largest absolute Gasteiger partial charge is 0.396 e. The maximum absolute atomic E-state index is 8.41. The minimum Gasteiger partial charge on any atom is -0.396 e. The van der Waals surface area contributed by atoms with E-state index < -0.39 is 0 Å². The van der Waals surface area contributed by atoms with E-state index in [0.717, 1.165) is 0 Å². The van der Waals surface area contributed by atoms with Gasteiger partial charge < -0.3 is 5.11 Å². The van der Waals surface area contributed by atoms with Gasteiger partial charge in [-0.15, -0.1) is 0 Å². The molecule has 7 heavy (non-hydrogen) atoms. The van der Waals surface area contributed by atoms with E-state index in [2.05, 4.69) is 0 Å². The van der Waals surface area contributed by atoms with Gasteiger partial charge in [0.15, 0.2) is 0 Å². The fourth-order valence-electron chi connectivity index (χ4n) is 0.389. The number of allylic oxidation sites excluding steroid dienone is 1. The SMILES string of the molecule is C/C=C\C(C)CO. The van der Waals surface area contributed by atoms with E-state index >= 15 is 0 Å². The second kappa shape index (κ2) is 3.88. The quantitative estimate of drug-likeness (QED) is 0.517. The summed E-state index contributed by atoms with van der Waals surface area (Å²) in [5, 5.41) is 8.41. The Morgan fingerprint density at radius 2 is 2.29 bits per heavy atom. The van der Waals surface area contributed by atoms with Crippen LogP contribution in [0.15, 0.2) is 12.2 Å². The average Bonchev–Trinajstić information content (AvgIpc) is 1.68. The number of hydrogen-bond acceptors (Lipinski definition) is 1. The van der Waals surface area contributed by atoms with Crippen molar-refractivity contribution in [1.29, 1.82) is 0 Å². The van der Waals surface area contributed by atoms with Crippen LogP contribution in [0.25, 0.3) is 0 Å². The van der Waals surface area contributed by atoms with Gasteiger partial charge in [-0.2, -0.15) is 0 Å². The van der Waals surface area contributed by atoms with Crippen molar-refractivity contribution in [3.63, 3.8) is 0 Å². The molecule has 0 heterocycles. The molecule has 1 unspecified atom stereocenters. The Bertz CT molecular complexity index is 57.2. The first-order valence-electron chi connectivity index (χ1n) is 2.55. The molecule has 0 radical (unpaired) electrons. The Morgan fingerprint density at radius 3 is 2.43 bits per heavy atom. The molecule has 0 aliphatic rings. The van der Waals surface area contributed by atoms with Crippen LogP contribution in [0, 0.1) is 5.92 Å². The predicted octanol–water partition coefficient (Wildman–Crippen LogP) is 1.19. The second-order valence-electron chi connectivity index (χ2n) is 1.69. The number of rotatable bonds is 2. The highest BCUT2D eigenvalue weighted by atomic mass is 16.3. The molecular weight excluding hydrogens is 88.1 g/mol. The van der Waals surface area contributed by atoms with Crippen molar-refractivity contribution in [2.24, 2.45) is 5.92 Å². The molecule has 1 atom stereocenters. The molecule has 1 nitrogen and oxygen atoms in total. The molecule has 0 amide bonds. The number of aliphatic hydroxyl groups is 1. The third-order valence-corrected chi connectivity index (χ3v) is 0.809. The normalized spacial score (nSPS) is 15.3. The molecule has 0 saturated heterocycles. The number of hydrogen-bond donors (Lipinski definition) is 1. The van der Waals surface area contributed by atoms with E-state index in [9.17, 15) is 0 Å². The summed E-state index contributed by atoms with van der Waals surface area (Å²) in [6.45, 7) is 4.18. The zero-order valence-electron chi connectivity index (χ0n) is 4.89. The Labute approximate surface area is 44.7 Å². The lowest BCUT2D eigenvalue weighted by Crippen LogP contribution is -1.93. The van der Waals surface area contributed by atoms with Crippen LogP contribution in [-0.4, -0.2) is 11.7 Å². The van der Waals surface area contributed by atoms with Crippen molar-refractivity contribution in [3.05, 3.63) is 12.2 Å². The summed E-state index contributed by atoms with van der Waals surface area (Å²) >= 11 is 0. The first-order chi connectivity index (χ1) is 3.31. The molecule has 1 heteroatoms. The summed E-state index contributed by atoms with van der Waals surface area (Å²) < 4.78 is 0.